The average Bonchev–Trinajstić information content (AvgIpc) is 2.53. The van der Waals surface area contributed by atoms with Crippen molar-refractivity contribution in [3.05, 3.63) is 33.9 Å². The molecule has 2 rings (SSSR count). The number of ether oxygens (including phenoxy) is 1. The number of esters is 1. The monoisotopic (exact) mass is 348 g/mol. The van der Waals surface area contributed by atoms with E-state index in [1.54, 1.807) is 6.07 Å². The van der Waals surface area contributed by atoms with E-state index in [1.807, 2.05) is 4.90 Å². The molecular formula is C18H24N2O5. The number of piperidine rings is 1. The summed E-state index contributed by atoms with van der Waals surface area (Å²) in [7, 11) is 0. The van der Waals surface area contributed by atoms with E-state index in [1.165, 1.54) is 26.0 Å². The smallest absolute Gasteiger partial charge is 0.339 e. The Balaban J connectivity index is 2.30. The zero-order valence-corrected chi connectivity index (χ0v) is 15.0. The minimum absolute atomic E-state index is 0.0710. The molecule has 0 unspecified atom stereocenters. The van der Waals surface area contributed by atoms with E-state index in [4.69, 9.17) is 4.74 Å². The standard InChI is InChI=1S/C18H24N2O5/c1-11-7-12(2)10-19(9-11)16-6-5-15(8-17(16)20(23)24)18(22)25-14(4)13(3)21/h5-6,8,11-12,14H,7,9-10H2,1-4H3/t11-,12+,14-/m1/s1. The van der Waals surface area contributed by atoms with Gasteiger partial charge in [0, 0.05) is 19.2 Å². The fourth-order valence-corrected chi connectivity index (χ4v) is 3.24. The number of hydrogen-bond donors (Lipinski definition) is 0. The predicted octanol–water partition coefficient (Wildman–Crippen LogP) is 3.21. The van der Waals surface area contributed by atoms with E-state index in [2.05, 4.69) is 13.8 Å². The van der Waals surface area contributed by atoms with Crippen LogP contribution < -0.4 is 4.90 Å². The summed E-state index contributed by atoms with van der Waals surface area (Å²) in [5.41, 5.74) is 0.465. The van der Waals surface area contributed by atoms with Crippen molar-refractivity contribution in [1.29, 1.82) is 0 Å². The Bertz CT molecular complexity index is 678. The van der Waals surface area contributed by atoms with E-state index >= 15 is 0 Å². The molecular weight excluding hydrogens is 324 g/mol. The quantitative estimate of drug-likeness (QED) is 0.461. The summed E-state index contributed by atoms with van der Waals surface area (Å²) < 4.78 is 5.03. The minimum Gasteiger partial charge on any atom is -0.451 e. The molecule has 7 heteroatoms. The van der Waals surface area contributed by atoms with Gasteiger partial charge < -0.3 is 9.64 Å². The van der Waals surface area contributed by atoms with E-state index in [9.17, 15) is 19.7 Å². The molecule has 0 radical (unpaired) electrons. The van der Waals surface area contributed by atoms with Gasteiger partial charge in [0.15, 0.2) is 11.9 Å². The lowest BCUT2D eigenvalue weighted by molar-refractivity contribution is -0.384. The molecule has 25 heavy (non-hydrogen) atoms. The summed E-state index contributed by atoms with van der Waals surface area (Å²) in [6.45, 7) is 8.54. The molecule has 0 N–H and O–H groups in total. The SMILES string of the molecule is CC(=O)[C@@H](C)OC(=O)c1ccc(N2C[C@H](C)C[C@H](C)C2)c([N+](=O)[O-])c1. The van der Waals surface area contributed by atoms with Gasteiger partial charge in [0.1, 0.15) is 5.69 Å². The topological polar surface area (TPSA) is 89.8 Å². The zero-order valence-electron chi connectivity index (χ0n) is 15.0. The molecule has 3 atom stereocenters. The molecule has 1 saturated heterocycles. The van der Waals surface area contributed by atoms with Gasteiger partial charge in [-0.3, -0.25) is 14.9 Å². The van der Waals surface area contributed by atoms with Crippen molar-refractivity contribution in [2.45, 2.75) is 40.2 Å². The first-order chi connectivity index (χ1) is 11.7. The normalized spacial score (nSPS) is 21.5. The lowest BCUT2D eigenvalue weighted by Gasteiger charge is -2.36. The number of ketones is 1. The number of benzene rings is 1. The highest BCUT2D eigenvalue weighted by molar-refractivity contribution is 5.93. The van der Waals surface area contributed by atoms with Gasteiger partial charge in [-0.1, -0.05) is 13.8 Å². The van der Waals surface area contributed by atoms with Crippen molar-refractivity contribution in [3.63, 3.8) is 0 Å². The Hall–Kier alpha value is -2.44. The van der Waals surface area contributed by atoms with Crippen LogP contribution in [0, 0.1) is 22.0 Å². The number of nitrogens with zero attached hydrogens (tertiary/aromatic N) is 2. The Morgan fingerprint density at radius 2 is 1.88 bits per heavy atom. The molecule has 1 fully saturated rings. The summed E-state index contributed by atoms with van der Waals surface area (Å²) in [6, 6.07) is 4.34. The van der Waals surface area contributed by atoms with E-state index in [0.29, 0.717) is 17.5 Å². The summed E-state index contributed by atoms with van der Waals surface area (Å²) in [4.78, 5) is 36.4. The second-order valence-corrected chi connectivity index (χ2v) is 6.97. The van der Waals surface area contributed by atoms with Gasteiger partial charge in [-0.25, -0.2) is 4.79 Å². The number of hydrogen-bond acceptors (Lipinski definition) is 6. The summed E-state index contributed by atoms with van der Waals surface area (Å²) in [5.74, 6) is -0.123. The number of rotatable bonds is 5. The van der Waals surface area contributed by atoms with Crippen LogP contribution in [0.3, 0.4) is 0 Å². The van der Waals surface area contributed by atoms with Crippen LogP contribution in [-0.2, 0) is 9.53 Å². The third-order valence-corrected chi connectivity index (χ3v) is 4.47. The fourth-order valence-electron chi connectivity index (χ4n) is 3.24. The maximum atomic E-state index is 12.1. The average molecular weight is 348 g/mol. The molecule has 1 aromatic carbocycles. The van der Waals surface area contributed by atoms with Gasteiger partial charge in [-0.2, -0.15) is 0 Å². The van der Waals surface area contributed by atoms with Crippen LogP contribution in [0.1, 0.15) is 44.5 Å². The first-order valence-corrected chi connectivity index (χ1v) is 8.43. The first kappa shape index (κ1) is 18.9. The second-order valence-electron chi connectivity index (χ2n) is 6.97. The van der Waals surface area contributed by atoms with Crippen molar-refractivity contribution in [3.8, 4) is 0 Å². The number of carbonyl (C=O) groups excluding carboxylic acids is 2. The first-order valence-electron chi connectivity index (χ1n) is 8.43. The van der Waals surface area contributed by atoms with Gasteiger partial charge in [-0.15, -0.1) is 0 Å². The predicted molar refractivity (Wildman–Crippen MR) is 93.8 cm³/mol. The molecule has 1 aliphatic rings. The third kappa shape index (κ3) is 4.55. The number of anilines is 1. The maximum absolute atomic E-state index is 12.1. The van der Waals surface area contributed by atoms with Crippen molar-refractivity contribution in [2.24, 2.45) is 11.8 Å². The van der Waals surface area contributed by atoms with Crippen LogP contribution in [0.4, 0.5) is 11.4 Å². The van der Waals surface area contributed by atoms with Crippen molar-refractivity contribution < 1.29 is 19.2 Å². The van der Waals surface area contributed by atoms with E-state index in [0.717, 1.165) is 19.5 Å². The van der Waals surface area contributed by atoms with E-state index in [-0.39, 0.29) is 17.0 Å². The van der Waals surface area contributed by atoms with Crippen LogP contribution in [0.15, 0.2) is 18.2 Å². The molecule has 0 saturated carbocycles. The van der Waals surface area contributed by atoms with Crippen LogP contribution >= 0.6 is 0 Å². The van der Waals surface area contributed by atoms with Gasteiger partial charge in [0.2, 0.25) is 0 Å². The Labute approximate surface area is 147 Å². The van der Waals surface area contributed by atoms with E-state index < -0.39 is 17.0 Å². The third-order valence-electron chi connectivity index (χ3n) is 4.47. The maximum Gasteiger partial charge on any atom is 0.339 e. The van der Waals surface area contributed by atoms with Crippen LogP contribution in [0.2, 0.25) is 0 Å². The van der Waals surface area contributed by atoms with Crippen molar-refractivity contribution in [2.75, 3.05) is 18.0 Å². The molecule has 0 spiro atoms. The molecule has 1 heterocycles. The van der Waals surface area contributed by atoms with Crippen molar-refractivity contribution in [1.82, 2.24) is 0 Å². The Morgan fingerprint density at radius 3 is 2.40 bits per heavy atom. The van der Waals surface area contributed by atoms with Gasteiger partial charge in [-0.05, 0) is 44.2 Å². The largest absolute Gasteiger partial charge is 0.451 e. The highest BCUT2D eigenvalue weighted by atomic mass is 16.6. The van der Waals surface area contributed by atoms with Gasteiger partial charge >= 0.3 is 5.97 Å². The lowest BCUT2D eigenvalue weighted by Crippen LogP contribution is -2.39. The number of nitro benzene ring substituents is 1. The summed E-state index contributed by atoms with van der Waals surface area (Å²) in [6.07, 6.45) is 0.215. The molecule has 1 aromatic rings. The zero-order chi connectivity index (χ0) is 18.7. The molecule has 0 amide bonds. The Morgan fingerprint density at radius 1 is 1.28 bits per heavy atom. The molecule has 0 bridgehead atoms. The van der Waals surface area contributed by atoms with Gasteiger partial charge in [0.05, 0.1) is 10.5 Å². The number of nitro groups is 1. The molecule has 0 aliphatic carbocycles. The number of carbonyl (C=O) groups is 2. The van der Waals surface area contributed by atoms with Crippen LogP contribution in [0.5, 0.6) is 0 Å². The minimum atomic E-state index is -0.880. The van der Waals surface area contributed by atoms with Crippen LogP contribution in [0.25, 0.3) is 0 Å². The lowest BCUT2D eigenvalue weighted by atomic mass is 9.91. The molecule has 1 aliphatic heterocycles. The number of Topliss-reactive ketones (excluding diaryl/α,β-unsaturated/α-hetero) is 1. The van der Waals surface area contributed by atoms with Crippen LogP contribution in [-0.4, -0.2) is 35.9 Å². The highest BCUT2D eigenvalue weighted by Gasteiger charge is 2.28. The summed E-state index contributed by atoms with van der Waals surface area (Å²) >= 11 is 0. The van der Waals surface area contributed by atoms with Crippen molar-refractivity contribution >= 4 is 23.1 Å². The molecule has 0 aromatic heterocycles. The summed E-state index contributed by atoms with van der Waals surface area (Å²) in [5, 5.41) is 11.5. The van der Waals surface area contributed by atoms with Gasteiger partial charge in [0.25, 0.3) is 5.69 Å². The highest BCUT2D eigenvalue weighted by Crippen LogP contribution is 2.34. The fraction of sp³-hybridized carbons (Fsp3) is 0.556. The molecule has 7 nitrogen and oxygen atoms in total. The second kappa shape index (κ2) is 7.63. The Kier molecular flexibility index (Phi) is 5.77. The molecule has 136 valence electrons.